The third-order valence-electron chi connectivity index (χ3n) is 28.9. The van der Waals surface area contributed by atoms with Gasteiger partial charge in [-0.1, -0.05) is 497 Å². The molecule has 0 aliphatic rings. The van der Waals surface area contributed by atoms with E-state index in [0.717, 1.165) is 0 Å². The highest BCUT2D eigenvalue weighted by molar-refractivity contribution is 6.30. The minimum absolute atomic E-state index is 1.22. The first-order valence-electron chi connectivity index (χ1n) is 47.9. The SMILES string of the molecule is c1ccc(-c2c3ccccc3c(-c3cccc(-c4cc5ccc6ccccc6c5c5ccccc45)c3)c3ccccc23)cc1.c1ccc(-c2c3ccccc3c(-c3cccc(-c4ccc5c6ccccc6c6ccccc6c5c4)c3)c3ccccc23)cc1.c1ccc(-c2ccc(-c3c4ccccc4c(-c4cccc(-c5cc6ccccc6c6ccccc56)c4)c4ccccc34)c3ccccc23)cc1. The fraction of sp³-hybridized carbons (Fsp3) is 0. The van der Waals surface area contributed by atoms with Gasteiger partial charge in [0.25, 0.3) is 0 Å². The molecule has 0 aliphatic heterocycles. The third kappa shape index (κ3) is 13.8. The predicted molar refractivity (Wildman–Crippen MR) is 596 cm³/mol. The molecule has 0 heteroatoms. The van der Waals surface area contributed by atoms with Gasteiger partial charge in [0.15, 0.2) is 0 Å². The number of rotatable bonds is 10. The van der Waals surface area contributed by atoms with Gasteiger partial charge in [-0.2, -0.15) is 0 Å². The van der Waals surface area contributed by atoms with Crippen molar-refractivity contribution in [2.75, 3.05) is 0 Å². The highest BCUT2D eigenvalue weighted by atomic mass is 14.3. The minimum atomic E-state index is 1.22. The van der Waals surface area contributed by atoms with Crippen LogP contribution >= 0.6 is 0 Å². The van der Waals surface area contributed by atoms with E-state index in [0.29, 0.717) is 0 Å². The molecule has 28 aromatic rings. The summed E-state index contributed by atoms with van der Waals surface area (Å²) in [7, 11) is 0. The van der Waals surface area contributed by atoms with E-state index >= 15 is 0 Å². The van der Waals surface area contributed by atoms with Gasteiger partial charge < -0.3 is 0 Å². The van der Waals surface area contributed by atoms with E-state index in [1.165, 1.54) is 273 Å². The van der Waals surface area contributed by atoms with Gasteiger partial charge in [0.05, 0.1) is 0 Å². The normalized spacial score (nSPS) is 11.6. The van der Waals surface area contributed by atoms with E-state index in [1.807, 2.05) is 0 Å². The van der Waals surface area contributed by atoms with Crippen LogP contribution in [0.1, 0.15) is 0 Å². The summed E-state index contributed by atoms with van der Waals surface area (Å²) in [5, 5.41) is 38.5. The summed E-state index contributed by atoms with van der Waals surface area (Å²) in [5.41, 5.74) is 25.1. The van der Waals surface area contributed by atoms with Crippen LogP contribution in [0, 0.1) is 0 Å². The lowest BCUT2D eigenvalue weighted by Crippen LogP contribution is -1.93. The highest BCUT2D eigenvalue weighted by Gasteiger charge is 2.25. The Labute approximate surface area is 800 Å². The molecule has 0 unspecified atom stereocenters. The van der Waals surface area contributed by atoms with Crippen LogP contribution in [0.15, 0.2) is 534 Å². The molecule has 0 saturated heterocycles. The zero-order valence-electron chi connectivity index (χ0n) is 75.8. The first-order valence-corrected chi connectivity index (χ1v) is 47.9. The molecule has 0 atom stereocenters. The molecule has 138 heavy (non-hydrogen) atoms. The first kappa shape index (κ1) is 80.9. The van der Waals surface area contributed by atoms with E-state index in [9.17, 15) is 0 Å². The lowest BCUT2D eigenvalue weighted by Gasteiger charge is -2.20. The van der Waals surface area contributed by atoms with Crippen LogP contribution in [0.3, 0.4) is 0 Å². The van der Waals surface area contributed by atoms with E-state index < -0.39 is 0 Å². The molecule has 28 aromatic carbocycles. The predicted octanol–water partition coefficient (Wildman–Crippen LogP) is 39.0. The largest absolute Gasteiger partial charge is 0.0622 e. The smallest absolute Gasteiger partial charge is 0.00201 e. The van der Waals surface area contributed by atoms with Crippen molar-refractivity contribution in [1.82, 2.24) is 0 Å². The fourth-order valence-corrected chi connectivity index (χ4v) is 22.9. The molecular weight excluding hydrogens is 1660 g/mol. The number of hydrogen-bond donors (Lipinski definition) is 0. The second kappa shape index (κ2) is 34.3. The molecule has 0 fully saturated rings. The quantitative estimate of drug-likeness (QED) is 0.0946. The Balaban J connectivity index is 0.000000107. The van der Waals surface area contributed by atoms with Gasteiger partial charge in [0.2, 0.25) is 0 Å². The van der Waals surface area contributed by atoms with Gasteiger partial charge in [0.1, 0.15) is 0 Å². The molecule has 640 valence electrons. The molecule has 0 bridgehead atoms. The lowest BCUT2D eigenvalue weighted by atomic mass is 9.83. The minimum Gasteiger partial charge on any atom is -0.0622 e. The Morgan fingerprint density at radius 2 is 0.326 bits per heavy atom. The molecular formula is C138H88. The Kier molecular flexibility index (Phi) is 20.1. The van der Waals surface area contributed by atoms with Gasteiger partial charge in [-0.15, -0.1) is 0 Å². The van der Waals surface area contributed by atoms with Crippen molar-refractivity contribution < 1.29 is 0 Å². The van der Waals surface area contributed by atoms with E-state index in [4.69, 9.17) is 0 Å². The maximum Gasteiger partial charge on any atom is -0.00201 e. The highest BCUT2D eigenvalue weighted by Crippen LogP contribution is 2.52. The van der Waals surface area contributed by atoms with Crippen molar-refractivity contribution in [3.05, 3.63) is 534 Å². The van der Waals surface area contributed by atoms with Crippen LogP contribution in [-0.4, -0.2) is 0 Å². The van der Waals surface area contributed by atoms with Crippen LogP contribution in [0.2, 0.25) is 0 Å². The topological polar surface area (TPSA) is 0 Å². The summed E-state index contributed by atoms with van der Waals surface area (Å²) in [6.07, 6.45) is 0. The average molecular weight is 1750 g/mol. The lowest BCUT2D eigenvalue weighted by molar-refractivity contribution is 1.63. The zero-order valence-corrected chi connectivity index (χ0v) is 75.8. The summed E-state index contributed by atoms with van der Waals surface area (Å²) in [5.74, 6) is 0. The summed E-state index contributed by atoms with van der Waals surface area (Å²) in [6, 6.07) is 196. The Morgan fingerprint density at radius 3 is 0.754 bits per heavy atom. The van der Waals surface area contributed by atoms with E-state index in [1.54, 1.807) is 0 Å². The number of benzene rings is 28. The van der Waals surface area contributed by atoms with Crippen LogP contribution in [0.4, 0.5) is 0 Å². The Hall–Kier alpha value is -17.9. The molecule has 0 spiro atoms. The Bertz CT molecular complexity index is 9550. The van der Waals surface area contributed by atoms with Crippen LogP contribution in [-0.2, 0) is 0 Å². The summed E-state index contributed by atoms with van der Waals surface area (Å²) in [6.45, 7) is 0. The van der Waals surface area contributed by atoms with Gasteiger partial charge in [-0.25, -0.2) is 0 Å². The van der Waals surface area contributed by atoms with Crippen molar-refractivity contribution in [1.29, 1.82) is 0 Å². The number of hydrogen-bond acceptors (Lipinski definition) is 0. The molecule has 0 nitrogen and oxygen atoms in total. The molecule has 28 rings (SSSR count). The standard InChI is InChI=1S/C50H32.2C44H28/c1-2-15-33(16-3-1)38-29-30-47(41-23-8-6-22-40(38)41)50-45-27-12-10-25-43(45)49(44-26-11-13-28-46(44)50)36-19-14-18-34(31-36)48-32-35-17-4-5-20-37(35)39-21-7-9-24-42(39)48;1-2-14-30(15-3-1)42-37-21-8-10-23-39(37)44(40-24-11-9-22-38(40)42)32-17-12-16-31(27-32)41-28-33-26-25-29-13-4-5-18-34(29)43(33)36-20-7-6-19-35(36)41;1-2-13-29(14-3-1)43-38-21-8-10-23-40(38)44(41-24-11-9-22-39(41)43)32-16-12-15-30(27-32)31-25-26-37-35-19-5-4-17-33(35)34-18-6-7-20-36(34)42(37)28-31/h1-32H;2*1-28H. The molecule has 0 amide bonds. The van der Waals surface area contributed by atoms with E-state index in [2.05, 4.69) is 534 Å². The van der Waals surface area contributed by atoms with Gasteiger partial charge >= 0.3 is 0 Å². The third-order valence-corrected chi connectivity index (χ3v) is 28.9. The van der Waals surface area contributed by atoms with Crippen molar-refractivity contribution in [3.8, 4) is 111 Å². The van der Waals surface area contributed by atoms with Crippen molar-refractivity contribution in [3.63, 3.8) is 0 Å². The first-order chi connectivity index (χ1) is 68.5. The van der Waals surface area contributed by atoms with Crippen molar-refractivity contribution >= 4 is 162 Å². The van der Waals surface area contributed by atoms with E-state index in [-0.39, 0.29) is 0 Å². The van der Waals surface area contributed by atoms with Gasteiger partial charge in [0, 0.05) is 0 Å². The molecule has 0 aromatic heterocycles. The summed E-state index contributed by atoms with van der Waals surface area (Å²) >= 11 is 0. The average Bonchev–Trinajstić information content (AvgIpc) is 0.713. The van der Waals surface area contributed by atoms with Crippen molar-refractivity contribution in [2.24, 2.45) is 0 Å². The van der Waals surface area contributed by atoms with Crippen LogP contribution < -0.4 is 0 Å². The zero-order chi connectivity index (χ0) is 91.1. The second-order valence-electron chi connectivity index (χ2n) is 36.5. The van der Waals surface area contributed by atoms with Crippen LogP contribution in [0.5, 0.6) is 0 Å². The molecule has 0 aliphatic carbocycles. The van der Waals surface area contributed by atoms with Crippen molar-refractivity contribution in [2.45, 2.75) is 0 Å². The number of fused-ring (bicyclic) bond motifs is 21. The van der Waals surface area contributed by atoms with Gasteiger partial charge in [-0.3, -0.25) is 0 Å². The molecule has 0 N–H and O–H groups in total. The Morgan fingerprint density at radius 1 is 0.0797 bits per heavy atom. The maximum absolute atomic E-state index is 2.40. The molecule has 0 radical (unpaired) electrons. The summed E-state index contributed by atoms with van der Waals surface area (Å²) < 4.78 is 0. The molecule has 0 heterocycles. The maximum atomic E-state index is 2.40. The van der Waals surface area contributed by atoms with Crippen LogP contribution in [0.25, 0.3) is 273 Å². The fourth-order valence-electron chi connectivity index (χ4n) is 22.9. The second-order valence-corrected chi connectivity index (χ2v) is 36.5. The van der Waals surface area contributed by atoms with Gasteiger partial charge in [-0.05, 0) is 309 Å². The monoisotopic (exact) mass is 1740 g/mol. The molecule has 0 saturated carbocycles. The summed E-state index contributed by atoms with van der Waals surface area (Å²) in [4.78, 5) is 0.